The minimum atomic E-state index is -3.36. The molecule has 0 bridgehead atoms. The highest BCUT2D eigenvalue weighted by atomic mass is 32.2. The maximum atomic E-state index is 12.6. The van der Waals surface area contributed by atoms with E-state index in [1.807, 2.05) is 19.1 Å². The molecule has 0 aliphatic heterocycles. The zero-order valence-electron chi connectivity index (χ0n) is 13.6. The van der Waals surface area contributed by atoms with Gasteiger partial charge in [-0.3, -0.25) is 0 Å². The summed E-state index contributed by atoms with van der Waals surface area (Å²) in [6.07, 6.45) is 1.88. The fraction of sp³-hybridized carbons (Fsp3) is 0.625. The zero-order valence-corrected chi connectivity index (χ0v) is 14.4. The number of benzene rings is 1. The molecule has 1 aromatic rings. The topological polar surface area (TPSA) is 49.4 Å². The Labute approximate surface area is 129 Å². The fourth-order valence-electron chi connectivity index (χ4n) is 2.03. The van der Waals surface area contributed by atoms with Crippen LogP contribution in [0, 0.1) is 0 Å². The monoisotopic (exact) mass is 312 g/mol. The third-order valence-corrected chi connectivity index (χ3v) is 5.38. The van der Waals surface area contributed by atoms with Crippen molar-refractivity contribution in [3.8, 4) is 0 Å². The molecule has 1 aromatic carbocycles. The summed E-state index contributed by atoms with van der Waals surface area (Å²) in [4.78, 5) is 0.383. The zero-order chi connectivity index (χ0) is 15.9. The van der Waals surface area contributed by atoms with Crippen LogP contribution in [0.15, 0.2) is 29.2 Å². The molecule has 0 spiro atoms. The van der Waals surface area contributed by atoms with Gasteiger partial charge in [0.2, 0.25) is 10.0 Å². The SMILES string of the molecule is CCCCN(CC)S(=O)(=O)c1ccc(CNC(C)C)cc1. The molecule has 1 rings (SSSR count). The highest BCUT2D eigenvalue weighted by Gasteiger charge is 2.22. The third kappa shape index (κ3) is 5.41. The van der Waals surface area contributed by atoms with E-state index in [4.69, 9.17) is 0 Å². The molecule has 0 fully saturated rings. The summed E-state index contributed by atoms with van der Waals surface area (Å²) in [7, 11) is -3.36. The molecule has 0 atom stereocenters. The van der Waals surface area contributed by atoms with Crippen LogP contribution >= 0.6 is 0 Å². The second-order valence-electron chi connectivity index (χ2n) is 5.53. The molecule has 120 valence electrons. The molecule has 0 aromatic heterocycles. The molecule has 0 radical (unpaired) electrons. The van der Waals surface area contributed by atoms with Crippen molar-refractivity contribution in [1.82, 2.24) is 9.62 Å². The number of nitrogens with one attached hydrogen (secondary N) is 1. The van der Waals surface area contributed by atoms with E-state index in [0.717, 1.165) is 24.9 Å². The lowest BCUT2D eigenvalue weighted by Crippen LogP contribution is -2.31. The maximum absolute atomic E-state index is 12.6. The van der Waals surface area contributed by atoms with Gasteiger partial charge in [0.1, 0.15) is 0 Å². The van der Waals surface area contributed by atoms with E-state index < -0.39 is 10.0 Å². The van der Waals surface area contributed by atoms with Crippen molar-refractivity contribution >= 4 is 10.0 Å². The molecule has 0 heterocycles. The summed E-state index contributed by atoms with van der Waals surface area (Å²) >= 11 is 0. The first kappa shape index (κ1) is 18.1. The van der Waals surface area contributed by atoms with Gasteiger partial charge < -0.3 is 5.32 Å². The van der Waals surface area contributed by atoms with E-state index >= 15 is 0 Å². The molecule has 0 aliphatic carbocycles. The van der Waals surface area contributed by atoms with Gasteiger partial charge in [0.15, 0.2) is 0 Å². The number of hydrogen-bond acceptors (Lipinski definition) is 3. The van der Waals surface area contributed by atoms with E-state index in [9.17, 15) is 8.42 Å². The van der Waals surface area contributed by atoms with E-state index in [1.165, 1.54) is 0 Å². The summed E-state index contributed by atoms with van der Waals surface area (Å²) in [5, 5.41) is 3.32. The molecule has 21 heavy (non-hydrogen) atoms. The maximum Gasteiger partial charge on any atom is 0.243 e. The van der Waals surface area contributed by atoms with Gasteiger partial charge in [-0.1, -0.05) is 46.2 Å². The summed E-state index contributed by atoms with van der Waals surface area (Å²) in [5.41, 5.74) is 1.10. The van der Waals surface area contributed by atoms with Crippen LogP contribution in [0.3, 0.4) is 0 Å². The molecule has 1 N–H and O–H groups in total. The van der Waals surface area contributed by atoms with Crippen molar-refractivity contribution < 1.29 is 8.42 Å². The quantitative estimate of drug-likeness (QED) is 0.762. The largest absolute Gasteiger partial charge is 0.310 e. The first-order valence-electron chi connectivity index (χ1n) is 7.74. The number of rotatable bonds is 9. The van der Waals surface area contributed by atoms with Gasteiger partial charge in [-0.2, -0.15) is 4.31 Å². The molecule has 0 saturated heterocycles. The van der Waals surface area contributed by atoms with Crippen molar-refractivity contribution in [2.45, 2.75) is 58.0 Å². The highest BCUT2D eigenvalue weighted by Crippen LogP contribution is 2.17. The molecule has 4 nitrogen and oxygen atoms in total. The number of unbranched alkanes of at least 4 members (excludes halogenated alkanes) is 1. The minimum Gasteiger partial charge on any atom is -0.310 e. The second kappa shape index (κ2) is 8.51. The van der Waals surface area contributed by atoms with Crippen LogP contribution in [-0.2, 0) is 16.6 Å². The minimum absolute atomic E-state index is 0.383. The number of nitrogens with zero attached hydrogens (tertiary/aromatic N) is 1. The molecular formula is C16H28N2O2S. The van der Waals surface area contributed by atoms with Crippen LogP contribution in [0.2, 0.25) is 0 Å². The van der Waals surface area contributed by atoms with Crippen molar-refractivity contribution in [1.29, 1.82) is 0 Å². The van der Waals surface area contributed by atoms with Gasteiger partial charge in [-0.05, 0) is 24.1 Å². The highest BCUT2D eigenvalue weighted by molar-refractivity contribution is 7.89. The Hall–Kier alpha value is -0.910. The Kier molecular flexibility index (Phi) is 7.35. The van der Waals surface area contributed by atoms with E-state index in [-0.39, 0.29) is 0 Å². The second-order valence-corrected chi connectivity index (χ2v) is 7.47. The molecule has 0 aliphatic rings. The molecule has 5 heteroatoms. The van der Waals surface area contributed by atoms with Crippen LogP contribution in [0.1, 0.15) is 46.1 Å². The predicted octanol–water partition coefficient (Wildman–Crippen LogP) is 3.00. The van der Waals surface area contributed by atoms with E-state index in [1.54, 1.807) is 16.4 Å². The standard InChI is InChI=1S/C16H28N2O2S/c1-5-7-12-18(6-2)21(19,20)16-10-8-15(9-11-16)13-17-14(3)4/h8-11,14,17H,5-7,12-13H2,1-4H3. The predicted molar refractivity (Wildman–Crippen MR) is 87.8 cm³/mol. The number of sulfonamides is 1. The summed E-state index contributed by atoms with van der Waals surface area (Å²) in [6, 6.07) is 7.60. The Morgan fingerprint density at radius 2 is 1.76 bits per heavy atom. The van der Waals surface area contributed by atoms with Crippen LogP contribution in [-0.4, -0.2) is 31.9 Å². The van der Waals surface area contributed by atoms with Crippen LogP contribution in [0.4, 0.5) is 0 Å². The van der Waals surface area contributed by atoms with Gasteiger partial charge in [0.25, 0.3) is 0 Å². The Bertz CT molecular complexity index is 510. The fourth-order valence-corrected chi connectivity index (χ4v) is 3.52. The van der Waals surface area contributed by atoms with E-state index in [0.29, 0.717) is 24.0 Å². The summed E-state index contributed by atoms with van der Waals surface area (Å²) in [6.45, 7) is 9.98. The number of hydrogen-bond donors (Lipinski definition) is 1. The van der Waals surface area contributed by atoms with Gasteiger partial charge in [-0.15, -0.1) is 0 Å². The van der Waals surface area contributed by atoms with E-state index in [2.05, 4.69) is 26.1 Å². The Balaban J connectivity index is 2.83. The molecule has 0 saturated carbocycles. The lowest BCUT2D eigenvalue weighted by Gasteiger charge is -2.20. The van der Waals surface area contributed by atoms with Gasteiger partial charge in [-0.25, -0.2) is 8.42 Å². The Morgan fingerprint density at radius 1 is 1.14 bits per heavy atom. The molecule has 0 unspecified atom stereocenters. The third-order valence-electron chi connectivity index (χ3n) is 3.39. The average Bonchev–Trinajstić information content (AvgIpc) is 2.46. The van der Waals surface area contributed by atoms with Gasteiger partial charge in [0, 0.05) is 25.7 Å². The van der Waals surface area contributed by atoms with Crippen LogP contribution < -0.4 is 5.32 Å². The molecular weight excluding hydrogens is 284 g/mol. The summed E-state index contributed by atoms with van der Waals surface area (Å²) in [5.74, 6) is 0. The lowest BCUT2D eigenvalue weighted by atomic mass is 10.2. The normalized spacial score (nSPS) is 12.3. The van der Waals surface area contributed by atoms with Crippen LogP contribution in [0.5, 0.6) is 0 Å². The first-order valence-corrected chi connectivity index (χ1v) is 9.18. The van der Waals surface area contributed by atoms with Crippen molar-refractivity contribution in [3.05, 3.63) is 29.8 Å². The molecule has 0 amide bonds. The average molecular weight is 312 g/mol. The van der Waals surface area contributed by atoms with Crippen molar-refractivity contribution in [2.24, 2.45) is 0 Å². The smallest absolute Gasteiger partial charge is 0.243 e. The van der Waals surface area contributed by atoms with Gasteiger partial charge in [0.05, 0.1) is 4.90 Å². The lowest BCUT2D eigenvalue weighted by molar-refractivity contribution is 0.419. The van der Waals surface area contributed by atoms with Crippen molar-refractivity contribution in [3.63, 3.8) is 0 Å². The van der Waals surface area contributed by atoms with Crippen molar-refractivity contribution in [2.75, 3.05) is 13.1 Å². The summed E-state index contributed by atoms with van der Waals surface area (Å²) < 4.78 is 26.7. The van der Waals surface area contributed by atoms with Gasteiger partial charge >= 0.3 is 0 Å². The van der Waals surface area contributed by atoms with Crippen LogP contribution in [0.25, 0.3) is 0 Å². The first-order chi connectivity index (χ1) is 9.91. The Morgan fingerprint density at radius 3 is 2.24 bits per heavy atom.